The van der Waals surface area contributed by atoms with Crippen molar-refractivity contribution in [3.05, 3.63) is 99.6 Å². The maximum atomic E-state index is 12.9. The van der Waals surface area contributed by atoms with E-state index in [0.717, 1.165) is 12.1 Å². The third kappa shape index (κ3) is 3.97. The third-order valence-electron chi connectivity index (χ3n) is 4.75. The van der Waals surface area contributed by atoms with Crippen molar-refractivity contribution >= 4 is 34.2 Å². The van der Waals surface area contributed by atoms with E-state index in [2.05, 4.69) is 10.6 Å². The van der Waals surface area contributed by atoms with Crippen LogP contribution in [-0.4, -0.2) is 10.8 Å². The first-order valence-corrected chi connectivity index (χ1v) is 9.08. The number of nitrogens with one attached hydrogen (secondary N) is 2. The van der Waals surface area contributed by atoms with E-state index >= 15 is 0 Å². The zero-order chi connectivity index (χ0) is 22.2. The number of benzene rings is 3. The number of amides is 1. The Kier molecular flexibility index (Phi) is 4.94. The van der Waals surface area contributed by atoms with Crippen LogP contribution in [0.1, 0.15) is 16.7 Å². The van der Waals surface area contributed by atoms with Gasteiger partial charge in [0.2, 0.25) is 0 Å². The van der Waals surface area contributed by atoms with Gasteiger partial charge in [0.15, 0.2) is 0 Å². The normalized spacial score (nSPS) is 14.6. The second kappa shape index (κ2) is 7.60. The van der Waals surface area contributed by atoms with Gasteiger partial charge < -0.3 is 10.6 Å². The number of fused-ring (bicyclic) bond motifs is 1. The smallest absolute Gasteiger partial charge is 0.354 e. The van der Waals surface area contributed by atoms with Gasteiger partial charge in [-0.05, 0) is 35.9 Å². The number of carbonyl (C=O) groups is 1. The molecule has 0 aromatic heterocycles. The van der Waals surface area contributed by atoms with Crippen LogP contribution >= 0.6 is 0 Å². The lowest BCUT2D eigenvalue weighted by Gasteiger charge is -2.15. The molecule has 1 heterocycles. The summed E-state index contributed by atoms with van der Waals surface area (Å²) in [5.41, 5.74) is 1.15. The van der Waals surface area contributed by atoms with Crippen LogP contribution in [0, 0.1) is 10.1 Å². The first-order chi connectivity index (χ1) is 14.7. The van der Waals surface area contributed by atoms with Gasteiger partial charge in [0, 0.05) is 29.1 Å². The second-order valence-electron chi connectivity index (χ2n) is 6.76. The molecule has 9 heteroatoms. The highest BCUT2D eigenvalue weighted by Gasteiger charge is 2.31. The minimum Gasteiger partial charge on any atom is -0.354 e. The van der Waals surface area contributed by atoms with Crippen LogP contribution in [0.5, 0.6) is 0 Å². The van der Waals surface area contributed by atoms with Gasteiger partial charge in [-0.1, -0.05) is 30.3 Å². The van der Waals surface area contributed by atoms with Gasteiger partial charge in [-0.3, -0.25) is 14.9 Å². The van der Waals surface area contributed by atoms with E-state index in [1.807, 2.05) is 0 Å². The van der Waals surface area contributed by atoms with Crippen molar-refractivity contribution in [3.8, 4) is 0 Å². The molecule has 0 aliphatic carbocycles. The van der Waals surface area contributed by atoms with E-state index in [0.29, 0.717) is 28.2 Å². The molecule has 0 spiro atoms. The van der Waals surface area contributed by atoms with Gasteiger partial charge in [0.25, 0.3) is 11.6 Å². The predicted molar refractivity (Wildman–Crippen MR) is 110 cm³/mol. The Morgan fingerprint density at radius 1 is 0.968 bits per heavy atom. The van der Waals surface area contributed by atoms with Crippen molar-refractivity contribution in [3.63, 3.8) is 0 Å². The molecule has 3 aromatic rings. The number of rotatable bonds is 4. The highest BCUT2D eigenvalue weighted by atomic mass is 19.4. The number of alkyl halides is 3. The Bertz CT molecular complexity index is 1200. The molecule has 0 bridgehead atoms. The Morgan fingerprint density at radius 3 is 2.26 bits per heavy atom. The zero-order valence-corrected chi connectivity index (χ0v) is 15.7. The monoisotopic (exact) mass is 425 g/mol. The lowest BCUT2D eigenvalue weighted by atomic mass is 9.99. The average molecular weight is 425 g/mol. The Hall–Kier alpha value is -4.14. The van der Waals surface area contributed by atoms with Crippen molar-refractivity contribution in [1.82, 2.24) is 0 Å². The molecule has 1 amide bonds. The molecule has 2 N–H and O–H groups in total. The summed E-state index contributed by atoms with van der Waals surface area (Å²) < 4.78 is 38.6. The standard InChI is InChI=1S/C22H14F3N3O3/c23-22(24,25)14-6-8-15(9-7-14)26-20(13-4-2-1-3-5-13)19-17-12-16(28(30)31)10-11-18(17)27-21(19)29/h1-12,26H,(H,27,29)/b20-19-. The fourth-order valence-electron chi connectivity index (χ4n) is 3.29. The molecule has 0 unspecified atom stereocenters. The topological polar surface area (TPSA) is 84.3 Å². The molecule has 0 saturated heterocycles. The van der Waals surface area contributed by atoms with Crippen molar-refractivity contribution < 1.29 is 22.9 Å². The molecule has 0 saturated carbocycles. The number of non-ortho nitro benzene ring substituents is 1. The van der Waals surface area contributed by atoms with Crippen LogP contribution in [0.25, 0.3) is 11.3 Å². The summed E-state index contributed by atoms with van der Waals surface area (Å²) in [6, 6.07) is 17.1. The minimum atomic E-state index is -4.47. The molecule has 6 nitrogen and oxygen atoms in total. The van der Waals surface area contributed by atoms with Crippen molar-refractivity contribution in [2.45, 2.75) is 6.18 Å². The fourth-order valence-corrected chi connectivity index (χ4v) is 3.29. The lowest BCUT2D eigenvalue weighted by Crippen LogP contribution is -2.10. The number of halogens is 3. The van der Waals surface area contributed by atoms with Crippen LogP contribution < -0.4 is 10.6 Å². The molecule has 0 atom stereocenters. The van der Waals surface area contributed by atoms with E-state index in [1.54, 1.807) is 30.3 Å². The van der Waals surface area contributed by atoms with Crippen LogP contribution in [0.4, 0.5) is 30.2 Å². The van der Waals surface area contributed by atoms with Crippen molar-refractivity contribution in [1.29, 1.82) is 0 Å². The van der Waals surface area contributed by atoms with Gasteiger partial charge in [-0.2, -0.15) is 13.2 Å². The zero-order valence-electron chi connectivity index (χ0n) is 15.7. The lowest BCUT2D eigenvalue weighted by molar-refractivity contribution is -0.384. The first kappa shape index (κ1) is 20.1. The second-order valence-corrected chi connectivity index (χ2v) is 6.76. The molecule has 1 aliphatic heterocycles. The Balaban J connectivity index is 1.86. The summed E-state index contributed by atoms with van der Waals surface area (Å²) in [5.74, 6) is -0.478. The number of nitro groups is 1. The number of hydrogen-bond acceptors (Lipinski definition) is 4. The van der Waals surface area contributed by atoms with Crippen LogP contribution in [-0.2, 0) is 11.0 Å². The van der Waals surface area contributed by atoms with Gasteiger partial charge in [0.1, 0.15) is 0 Å². The number of nitrogens with zero attached hydrogens (tertiary/aromatic N) is 1. The molecule has 1 aliphatic rings. The largest absolute Gasteiger partial charge is 0.416 e. The number of hydrogen-bond donors (Lipinski definition) is 2. The van der Waals surface area contributed by atoms with E-state index < -0.39 is 22.6 Å². The van der Waals surface area contributed by atoms with E-state index in [9.17, 15) is 28.1 Å². The van der Waals surface area contributed by atoms with Gasteiger partial charge >= 0.3 is 6.18 Å². The van der Waals surface area contributed by atoms with Crippen molar-refractivity contribution in [2.75, 3.05) is 10.6 Å². The molecular weight excluding hydrogens is 411 g/mol. The fraction of sp³-hybridized carbons (Fsp3) is 0.0455. The van der Waals surface area contributed by atoms with Crippen LogP contribution in [0.2, 0.25) is 0 Å². The molecule has 3 aromatic carbocycles. The van der Waals surface area contributed by atoms with Gasteiger partial charge in [-0.15, -0.1) is 0 Å². The number of nitro benzene ring substituents is 1. The van der Waals surface area contributed by atoms with Crippen LogP contribution in [0.15, 0.2) is 72.8 Å². The quantitative estimate of drug-likeness (QED) is 0.326. The summed E-state index contributed by atoms with van der Waals surface area (Å²) in [6.45, 7) is 0. The van der Waals surface area contributed by atoms with E-state index in [4.69, 9.17) is 0 Å². The highest BCUT2D eigenvalue weighted by Crippen LogP contribution is 2.39. The van der Waals surface area contributed by atoms with Crippen LogP contribution in [0.3, 0.4) is 0 Å². The van der Waals surface area contributed by atoms with Gasteiger partial charge in [-0.25, -0.2) is 0 Å². The molecular formula is C22H14F3N3O3. The van der Waals surface area contributed by atoms with Gasteiger partial charge in [0.05, 0.1) is 21.8 Å². The summed E-state index contributed by atoms with van der Waals surface area (Å²) in [5, 5.41) is 16.9. The summed E-state index contributed by atoms with van der Waals surface area (Å²) in [7, 11) is 0. The maximum absolute atomic E-state index is 12.9. The highest BCUT2D eigenvalue weighted by molar-refractivity contribution is 6.37. The number of anilines is 2. The SMILES string of the molecule is O=C1Nc2ccc([N+](=O)[O-])cc2/C1=C(/Nc1ccc(C(F)(F)F)cc1)c1ccccc1. The van der Waals surface area contributed by atoms with E-state index in [1.165, 1.54) is 30.3 Å². The molecule has 0 fully saturated rings. The maximum Gasteiger partial charge on any atom is 0.416 e. The van der Waals surface area contributed by atoms with Crippen molar-refractivity contribution in [2.24, 2.45) is 0 Å². The third-order valence-corrected chi connectivity index (χ3v) is 4.75. The van der Waals surface area contributed by atoms with E-state index in [-0.39, 0.29) is 11.3 Å². The minimum absolute atomic E-state index is 0.157. The summed E-state index contributed by atoms with van der Waals surface area (Å²) in [4.78, 5) is 23.4. The Labute approximate surface area is 174 Å². The summed E-state index contributed by atoms with van der Waals surface area (Å²) >= 11 is 0. The Morgan fingerprint density at radius 2 is 1.65 bits per heavy atom. The molecule has 0 radical (unpaired) electrons. The first-order valence-electron chi connectivity index (χ1n) is 9.08. The number of carbonyl (C=O) groups excluding carboxylic acids is 1. The summed E-state index contributed by atoms with van der Waals surface area (Å²) in [6.07, 6.45) is -4.47. The molecule has 4 rings (SSSR count). The predicted octanol–water partition coefficient (Wildman–Crippen LogP) is 5.55. The average Bonchev–Trinajstić information content (AvgIpc) is 3.07. The molecule has 31 heavy (non-hydrogen) atoms. The molecule has 156 valence electrons.